The van der Waals surface area contributed by atoms with Crippen LogP contribution in [0.2, 0.25) is 10.0 Å². The number of carbonyl (C=O) groups excluding carboxylic acids is 1. The molecular weight excluding hydrogens is 387 g/mol. The zero-order valence-corrected chi connectivity index (χ0v) is 16.6. The van der Waals surface area contributed by atoms with Crippen molar-refractivity contribution in [1.82, 2.24) is 15.1 Å². The predicted octanol–water partition coefficient (Wildman–Crippen LogP) is 3.28. The summed E-state index contributed by atoms with van der Waals surface area (Å²) in [5.41, 5.74) is 0.766. The molecule has 1 aromatic heterocycles. The molecule has 3 rings (SSSR count). The maximum absolute atomic E-state index is 12.7. The van der Waals surface area contributed by atoms with Crippen molar-refractivity contribution in [2.24, 2.45) is 5.92 Å². The average Bonchev–Trinajstić information content (AvgIpc) is 2.69. The number of benzene rings is 1. The maximum Gasteiger partial charge on any atom is 0.292 e. The Morgan fingerprint density at radius 1 is 1.30 bits per heavy atom. The molecule has 8 heteroatoms. The summed E-state index contributed by atoms with van der Waals surface area (Å²) >= 11 is 12.3. The van der Waals surface area contributed by atoms with Crippen LogP contribution >= 0.6 is 23.2 Å². The standard InChI is InChI=1S/C19H22Cl2N4O2/c1-2-9-22-18(26)13-4-3-10-24(12-13)16-11-23-25(19(27)17(16)21)15-7-5-14(20)6-8-15/h5-8,11,13H,2-4,9-10,12H2,1H3,(H,22,26). The Balaban J connectivity index is 1.82. The quantitative estimate of drug-likeness (QED) is 0.823. The zero-order valence-electron chi connectivity index (χ0n) is 15.1. The summed E-state index contributed by atoms with van der Waals surface area (Å²) in [5, 5.41) is 7.90. The van der Waals surface area contributed by atoms with Gasteiger partial charge in [0.2, 0.25) is 5.91 Å². The van der Waals surface area contributed by atoms with E-state index in [2.05, 4.69) is 10.4 Å². The number of halogens is 2. The second kappa shape index (κ2) is 8.76. The molecular formula is C19H22Cl2N4O2. The number of amides is 1. The van der Waals surface area contributed by atoms with Crippen molar-refractivity contribution in [3.05, 3.63) is 50.9 Å². The molecule has 2 aromatic rings. The fourth-order valence-corrected chi connectivity index (χ4v) is 3.59. The molecule has 0 aliphatic carbocycles. The lowest BCUT2D eigenvalue weighted by Gasteiger charge is -2.33. The number of nitrogens with zero attached hydrogens (tertiary/aromatic N) is 3. The van der Waals surface area contributed by atoms with Gasteiger partial charge in [-0.2, -0.15) is 9.78 Å². The minimum Gasteiger partial charge on any atom is -0.368 e. The van der Waals surface area contributed by atoms with E-state index in [1.54, 1.807) is 30.5 Å². The smallest absolute Gasteiger partial charge is 0.292 e. The third-order valence-electron chi connectivity index (χ3n) is 4.65. The van der Waals surface area contributed by atoms with Crippen LogP contribution in [0.25, 0.3) is 5.69 Å². The van der Waals surface area contributed by atoms with Gasteiger partial charge in [0.1, 0.15) is 5.02 Å². The summed E-state index contributed by atoms with van der Waals surface area (Å²) in [4.78, 5) is 27.0. The second-order valence-electron chi connectivity index (χ2n) is 6.61. The molecule has 1 aliphatic rings. The SMILES string of the molecule is CCCNC(=O)C1CCCN(c2cnn(-c3ccc(Cl)cc3)c(=O)c2Cl)C1. The normalized spacial score (nSPS) is 17.0. The van der Waals surface area contributed by atoms with Crippen LogP contribution in [-0.4, -0.2) is 35.3 Å². The van der Waals surface area contributed by atoms with Crippen molar-refractivity contribution >= 4 is 34.8 Å². The molecule has 0 saturated carbocycles. The van der Waals surface area contributed by atoms with Crippen LogP contribution in [0.15, 0.2) is 35.3 Å². The Labute approximate surface area is 168 Å². The first-order valence-corrected chi connectivity index (χ1v) is 9.83. The third-order valence-corrected chi connectivity index (χ3v) is 5.26. The highest BCUT2D eigenvalue weighted by atomic mass is 35.5. The van der Waals surface area contributed by atoms with Gasteiger partial charge in [0, 0.05) is 24.7 Å². The number of nitrogens with one attached hydrogen (secondary N) is 1. The number of anilines is 1. The lowest BCUT2D eigenvalue weighted by atomic mass is 9.97. The fourth-order valence-electron chi connectivity index (χ4n) is 3.21. The Morgan fingerprint density at radius 3 is 2.74 bits per heavy atom. The first kappa shape index (κ1) is 19.7. The van der Waals surface area contributed by atoms with Crippen molar-refractivity contribution < 1.29 is 4.79 Å². The average molecular weight is 409 g/mol. The van der Waals surface area contributed by atoms with E-state index in [9.17, 15) is 9.59 Å². The van der Waals surface area contributed by atoms with Crippen molar-refractivity contribution in [2.45, 2.75) is 26.2 Å². The van der Waals surface area contributed by atoms with E-state index in [-0.39, 0.29) is 16.8 Å². The molecule has 2 heterocycles. The minimum atomic E-state index is -0.394. The summed E-state index contributed by atoms with van der Waals surface area (Å²) in [6.07, 6.45) is 4.19. The van der Waals surface area contributed by atoms with Crippen LogP contribution < -0.4 is 15.8 Å². The number of carbonyl (C=O) groups is 1. The lowest BCUT2D eigenvalue weighted by molar-refractivity contribution is -0.125. The summed E-state index contributed by atoms with van der Waals surface area (Å²) in [7, 11) is 0. The number of hydrogen-bond acceptors (Lipinski definition) is 4. The number of hydrogen-bond donors (Lipinski definition) is 1. The lowest BCUT2D eigenvalue weighted by Crippen LogP contribution is -2.44. The van der Waals surface area contributed by atoms with Crippen LogP contribution in [0.5, 0.6) is 0 Å². The van der Waals surface area contributed by atoms with Gasteiger partial charge in [-0.15, -0.1) is 0 Å². The molecule has 0 bridgehead atoms. The van der Waals surface area contributed by atoms with Gasteiger partial charge in [-0.05, 0) is 43.5 Å². The molecule has 27 heavy (non-hydrogen) atoms. The second-order valence-corrected chi connectivity index (χ2v) is 7.43. The van der Waals surface area contributed by atoms with Crippen LogP contribution in [-0.2, 0) is 4.79 Å². The van der Waals surface area contributed by atoms with Crippen LogP contribution in [0, 0.1) is 5.92 Å². The summed E-state index contributed by atoms with van der Waals surface area (Å²) in [6.45, 7) is 3.97. The van der Waals surface area contributed by atoms with E-state index in [0.29, 0.717) is 29.5 Å². The van der Waals surface area contributed by atoms with Gasteiger partial charge in [0.25, 0.3) is 5.56 Å². The zero-order chi connectivity index (χ0) is 19.4. The number of aromatic nitrogens is 2. The number of rotatable bonds is 5. The molecule has 1 fully saturated rings. The highest BCUT2D eigenvalue weighted by molar-refractivity contribution is 6.33. The van der Waals surface area contributed by atoms with Crippen molar-refractivity contribution in [3.63, 3.8) is 0 Å². The van der Waals surface area contributed by atoms with Gasteiger partial charge in [-0.1, -0.05) is 30.1 Å². The van der Waals surface area contributed by atoms with Gasteiger partial charge in [0.05, 0.1) is 23.5 Å². The topological polar surface area (TPSA) is 67.2 Å². The first-order valence-electron chi connectivity index (χ1n) is 9.07. The molecule has 1 aromatic carbocycles. The molecule has 144 valence electrons. The van der Waals surface area contributed by atoms with Crippen LogP contribution in [0.1, 0.15) is 26.2 Å². The Hall–Kier alpha value is -2.05. The molecule has 0 spiro atoms. The van der Waals surface area contributed by atoms with Crippen molar-refractivity contribution in [1.29, 1.82) is 0 Å². The van der Waals surface area contributed by atoms with Gasteiger partial charge >= 0.3 is 0 Å². The highest BCUT2D eigenvalue weighted by Gasteiger charge is 2.27. The Morgan fingerprint density at radius 2 is 2.04 bits per heavy atom. The van der Waals surface area contributed by atoms with E-state index >= 15 is 0 Å². The van der Waals surface area contributed by atoms with E-state index in [1.165, 1.54) is 4.68 Å². The largest absolute Gasteiger partial charge is 0.368 e. The van der Waals surface area contributed by atoms with Gasteiger partial charge in [0.15, 0.2) is 0 Å². The van der Waals surface area contributed by atoms with Gasteiger partial charge < -0.3 is 10.2 Å². The van der Waals surface area contributed by atoms with Crippen LogP contribution in [0.4, 0.5) is 5.69 Å². The molecule has 1 aliphatic heterocycles. The van der Waals surface area contributed by atoms with E-state index < -0.39 is 5.56 Å². The molecule has 0 radical (unpaired) electrons. The van der Waals surface area contributed by atoms with E-state index in [0.717, 1.165) is 25.8 Å². The first-order chi connectivity index (χ1) is 13.0. The van der Waals surface area contributed by atoms with E-state index in [1.807, 2.05) is 11.8 Å². The predicted molar refractivity (Wildman–Crippen MR) is 108 cm³/mol. The Bertz CT molecular complexity index is 867. The van der Waals surface area contributed by atoms with Gasteiger partial charge in [-0.25, -0.2) is 0 Å². The summed E-state index contributed by atoms with van der Waals surface area (Å²) in [5.74, 6) is -0.0554. The van der Waals surface area contributed by atoms with E-state index in [4.69, 9.17) is 23.2 Å². The molecule has 1 atom stereocenters. The Kier molecular flexibility index (Phi) is 6.39. The molecule has 1 amide bonds. The van der Waals surface area contributed by atoms with Gasteiger partial charge in [-0.3, -0.25) is 9.59 Å². The highest BCUT2D eigenvalue weighted by Crippen LogP contribution is 2.27. The number of piperidine rings is 1. The van der Waals surface area contributed by atoms with Crippen LogP contribution in [0.3, 0.4) is 0 Å². The minimum absolute atomic E-state index is 0.0557. The summed E-state index contributed by atoms with van der Waals surface area (Å²) < 4.78 is 1.25. The van der Waals surface area contributed by atoms with Crippen molar-refractivity contribution in [3.8, 4) is 5.69 Å². The summed E-state index contributed by atoms with van der Waals surface area (Å²) in [6, 6.07) is 6.80. The molecule has 6 nitrogen and oxygen atoms in total. The fraction of sp³-hybridized carbons (Fsp3) is 0.421. The molecule has 1 unspecified atom stereocenters. The monoisotopic (exact) mass is 408 g/mol. The maximum atomic E-state index is 12.7. The third kappa shape index (κ3) is 4.45. The van der Waals surface area contributed by atoms with Crippen molar-refractivity contribution in [2.75, 3.05) is 24.5 Å². The molecule has 1 saturated heterocycles. The molecule has 1 N–H and O–H groups in total.